The Labute approximate surface area is 178 Å². The van der Waals surface area contributed by atoms with Crippen LogP contribution in [0, 0.1) is 0 Å². The van der Waals surface area contributed by atoms with E-state index in [1.165, 1.54) is 17.2 Å². The molecule has 1 aromatic carbocycles. The molecule has 0 bridgehead atoms. The van der Waals surface area contributed by atoms with Gasteiger partial charge in [-0.25, -0.2) is 15.0 Å². The van der Waals surface area contributed by atoms with Crippen molar-refractivity contribution in [2.45, 2.75) is 37.5 Å². The van der Waals surface area contributed by atoms with Crippen molar-refractivity contribution in [3.63, 3.8) is 0 Å². The zero-order valence-corrected chi connectivity index (χ0v) is 17.3. The van der Waals surface area contributed by atoms with Crippen LogP contribution >= 0.6 is 0 Å². The van der Waals surface area contributed by atoms with Gasteiger partial charge in [-0.1, -0.05) is 6.07 Å². The third-order valence-corrected chi connectivity index (χ3v) is 5.41. The first-order valence-electron chi connectivity index (χ1n) is 9.77. The molecule has 1 fully saturated rings. The number of aliphatic hydroxyl groups excluding tert-OH is 3. The van der Waals surface area contributed by atoms with Crippen LogP contribution in [0.5, 0.6) is 11.5 Å². The summed E-state index contributed by atoms with van der Waals surface area (Å²) in [7, 11) is 3.16. The largest absolute Gasteiger partial charge is 0.493 e. The lowest BCUT2D eigenvalue weighted by atomic mass is 10.1. The number of anilines is 1. The Balaban J connectivity index is 1.61. The number of methoxy groups -OCH3 is 2. The van der Waals surface area contributed by atoms with Crippen molar-refractivity contribution >= 4 is 17.0 Å². The average molecular weight is 431 g/mol. The molecule has 0 saturated carbocycles. The minimum atomic E-state index is -1.23. The molecule has 4 N–H and O–H groups in total. The molecule has 11 nitrogen and oxygen atoms in total. The SMILES string of the molecule is COc1ccc(C(C)Nc2ncnc3c2ncn3[C@@H]2O[C@H](CO)[C@@H](O)[C@H]2O)cc1OC. The molecular weight excluding hydrogens is 406 g/mol. The van der Waals surface area contributed by atoms with Gasteiger partial charge in [-0.2, -0.15) is 0 Å². The second kappa shape index (κ2) is 8.63. The van der Waals surface area contributed by atoms with Crippen LogP contribution in [-0.4, -0.2) is 74.0 Å². The van der Waals surface area contributed by atoms with E-state index >= 15 is 0 Å². The van der Waals surface area contributed by atoms with E-state index in [1.54, 1.807) is 14.2 Å². The van der Waals surface area contributed by atoms with Gasteiger partial charge in [0.2, 0.25) is 0 Å². The molecule has 0 radical (unpaired) electrons. The summed E-state index contributed by atoms with van der Waals surface area (Å²) < 4.78 is 17.8. The van der Waals surface area contributed by atoms with E-state index < -0.39 is 31.1 Å². The fourth-order valence-electron chi connectivity index (χ4n) is 3.66. The monoisotopic (exact) mass is 431 g/mol. The van der Waals surface area contributed by atoms with Crippen molar-refractivity contribution in [3.8, 4) is 11.5 Å². The number of rotatable bonds is 7. The lowest BCUT2D eigenvalue weighted by Gasteiger charge is -2.18. The third-order valence-electron chi connectivity index (χ3n) is 5.41. The van der Waals surface area contributed by atoms with Crippen LogP contribution in [0.2, 0.25) is 0 Å². The Hall–Kier alpha value is -2.99. The number of benzene rings is 1. The van der Waals surface area contributed by atoms with Gasteiger partial charge in [-0.05, 0) is 24.6 Å². The topological polar surface area (TPSA) is 144 Å². The first-order valence-corrected chi connectivity index (χ1v) is 9.77. The molecule has 5 atom stereocenters. The number of nitrogens with zero attached hydrogens (tertiary/aromatic N) is 4. The van der Waals surface area contributed by atoms with E-state index in [0.717, 1.165) is 5.56 Å². The normalized spacial score (nSPS) is 24.3. The number of ether oxygens (including phenoxy) is 3. The number of imidazole rings is 1. The molecule has 3 heterocycles. The van der Waals surface area contributed by atoms with E-state index in [9.17, 15) is 15.3 Å². The van der Waals surface area contributed by atoms with Crippen LogP contribution in [0.1, 0.15) is 24.8 Å². The quantitative estimate of drug-likeness (QED) is 0.420. The van der Waals surface area contributed by atoms with Crippen molar-refractivity contribution in [1.29, 1.82) is 0 Å². The molecule has 0 spiro atoms. The van der Waals surface area contributed by atoms with Crippen LogP contribution in [0.3, 0.4) is 0 Å². The van der Waals surface area contributed by atoms with Crippen molar-refractivity contribution in [3.05, 3.63) is 36.4 Å². The van der Waals surface area contributed by atoms with E-state index in [-0.39, 0.29) is 6.04 Å². The van der Waals surface area contributed by atoms with Gasteiger partial charge >= 0.3 is 0 Å². The number of hydrogen-bond acceptors (Lipinski definition) is 10. The van der Waals surface area contributed by atoms with Gasteiger partial charge in [0.1, 0.15) is 24.6 Å². The minimum absolute atomic E-state index is 0.142. The van der Waals surface area contributed by atoms with Crippen LogP contribution in [-0.2, 0) is 4.74 Å². The molecule has 3 aromatic rings. The number of nitrogens with one attached hydrogen (secondary N) is 1. The van der Waals surface area contributed by atoms with Gasteiger partial charge in [0.25, 0.3) is 0 Å². The highest BCUT2D eigenvalue weighted by Gasteiger charge is 2.44. The summed E-state index contributed by atoms with van der Waals surface area (Å²) in [6.07, 6.45) is -1.41. The highest BCUT2D eigenvalue weighted by Crippen LogP contribution is 2.34. The fraction of sp³-hybridized carbons (Fsp3) is 0.450. The van der Waals surface area contributed by atoms with Gasteiger partial charge in [0, 0.05) is 0 Å². The summed E-state index contributed by atoms with van der Waals surface area (Å²) in [5.74, 6) is 1.76. The van der Waals surface area contributed by atoms with E-state index in [0.29, 0.717) is 28.5 Å². The van der Waals surface area contributed by atoms with E-state index in [4.69, 9.17) is 14.2 Å². The molecule has 1 saturated heterocycles. The molecule has 31 heavy (non-hydrogen) atoms. The maximum Gasteiger partial charge on any atom is 0.167 e. The maximum atomic E-state index is 10.3. The van der Waals surface area contributed by atoms with E-state index in [2.05, 4.69) is 20.3 Å². The first kappa shape index (κ1) is 21.2. The van der Waals surface area contributed by atoms with Crippen LogP contribution in [0.25, 0.3) is 11.2 Å². The summed E-state index contributed by atoms with van der Waals surface area (Å²) >= 11 is 0. The molecule has 1 unspecified atom stereocenters. The van der Waals surface area contributed by atoms with Gasteiger partial charge in [0.15, 0.2) is 34.7 Å². The van der Waals surface area contributed by atoms with Crippen molar-refractivity contribution in [2.75, 3.05) is 26.1 Å². The molecule has 166 valence electrons. The first-order chi connectivity index (χ1) is 15.0. The summed E-state index contributed by atoms with van der Waals surface area (Å²) in [5.41, 5.74) is 1.85. The zero-order valence-electron chi connectivity index (χ0n) is 17.3. The van der Waals surface area contributed by atoms with Crippen molar-refractivity contribution < 1.29 is 29.5 Å². The summed E-state index contributed by atoms with van der Waals surface area (Å²) in [6.45, 7) is 1.56. The Morgan fingerprint density at radius 2 is 1.90 bits per heavy atom. The predicted octanol–water partition coefficient (Wildman–Crippen LogP) is 0.628. The molecule has 1 aliphatic rings. The lowest BCUT2D eigenvalue weighted by molar-refractivity contribution is -0.0511. The van der Waals surface area contributed by atoms with Gasteiger partial charge in [-0.15, -0.1) is 0 Å². The number of fused-ring (bicyclic) bond motifs is 1. The number of hydrogen-bond donors (Lipinski definition) is 4. The van der Waals surface area contributed by atoms with Gasteiger partial charge < -0.3 is 34.8 Å². The summed E-state index contributed by atoms with van der Waals surface area (Å²) in [6, 6.07) is 5.50. The number of aliphatic hydroxyl groups is 3. The van der Waals surface area contributed by atoms with Crippen LogP contribution in [0.15, 0.2) is 30.9 Å². The molecule has 1 aliphatic heterocycles. The Kier molecular flexibility index (Phi) is 5.92. The Bertz CT molecular complexity index is 1060. The van der Waals surface area contributed by atoms with Crippen molar-refractivity contribution in [2.24, 2.45) is 0 Å². The summed E-state index contributed by atoms with van der Waals surface area (Å²) in [5, 5.41) is 33.0. The highest BCUT2D eigenvalue weighted by molar-refractivity contribution is 5.83. The van der Waals surface area contributed by atoms with E-state index in [1.807, 2.05) is 25.1 Å². The second-order valence-corrected chi connectivity index (χ2v) is 7.26. The minimum Gasteiger partial charge on any atom is -0.493 e. The molecular formula is C20H25N5O6. The van der Waals surface area contributed by atoms with Gasteiger partial charge in [-0.3, -0.25) is 4.57 Å². The second-order valence-electron chi connectivity index (χ2n) is 7.26. The van der Waals surface area contributed by atoms with Gasteiger partial charge in [0.05, 0.1) is 33.2 Å². The smallest absolute Gasteiger partial charge is 0.167 e. The maximum absolute atomic E-state index is 10.3. The lowest BCUT2D eigenvalue weighted by Crippen LogP contribution is -2.33. The molecule has 11 heteroatoms. The Morgan fingerprint density at radius 1 is 1.13 bits per heavy atom. The third kappa shape index (κ3) is 3.76. The number of aromatic nitrogens is 4. The molecule has 4 rings (SSSR count). The standard InChI is InChI=1S/C20H25N5O6/c1-10(11-4-5-12(29-2)13(6-11)30-3)24-18-15-19(22-8-21-18)25(9-23-15)20-17(28)16(27)14(7-26)31-20/h4-6,8-10,14,16-17,20,26-28H,7H2,1-3H3,(H,21,22,24)/t10?,14-,16-,17-,20-/m1/s1. The predicted molar refractivity (Wildman–Crippen MR) is 110 cm³/mol. The zero-order chi connectivity index (χ0) is 22.1. The highest BCUT2D eigenvalue weighted by atomic mass is 16.6. The molecule has 0 amide bonds. The van der Waals surface area contributed by atoms with Crippen molar-refractivity contribution in [1.82, 2.24) is 19.5 Å². The summed E-state index contributed by atoms with van der Waals surface area (Å²) in [4.78, 5) is 12.9. The van der Waals surface area contributed by atoms with Crippen LogP contribution in [0.4, 0.5) is 5.82 Å². The average Bonchev–Trinajstić information content (AvgIpc) is 3.34. The fourth-order valence-corrected chi connectivity index (χ4v) is 3.66. The molecule has 2 aromatic heterocycles. The van der Waals surface area contributed by atoms with Crippen LogP contribution < -0.4 is 14.8 Å². The molecule has 0 aliphatic carbocycles. The Morgan fingerprint density at radius 3 is 2.58 bits per heavy atom.